The van der Waals surface area contributed by atoms with E-state index in [-0.39, 0.29) is 0 Å². The van der Waals surface area contributed by atoms with E-state index < -0.39 is 0 Å². The van der Waals surface area contributed by atoms with Crippen molar-refractivity contribution in [3.05, 3.63) is 66.2 Å². The summed E-state index contributed by atoms with van der Waals surface area (Å²) in [5.74, 6) is 0.662. The van der Waals surface area contributed by atoms with Gasteiger partial charge in [0.05, 0.1) is 5.52 Å². The van der Waals surface area contributed by atoms with Crippen LogP contribution in [0.3, 0.4) is 0 Å². The second kappa shape index (κ2) is 7.91. The molecular weight excluding hydrogens is 378 g/mol. The molecule has 1 saturated heterocycles. The lowest BCUT2D eigenvalue weighted by Gasteiger charge is -2.32. The standard InChI is InChI=1S/C23H23N5S/c1-27-10-12-28(13-11-27)26-23-24-16-20-15-19(8-9-21(20)25-23)17-4-6-18(7-5-17)22-3-2-14-29-22/h2-9,14-16H,10-13H2,1H3,(H,24,25,26). The van der Waals surface area contributed by atoms with Gasteiger partial charge in [-0.1, -0.05) is 36.4 Å². The first-order valence-electron chi connectivity index (χ1n) is 9.86. The van der Waals surface area contributed by atoms with Gasteiger partial charge in [0, 0.05) is 42.6 Å². The van der Waals surface area contributed by atoms with E-state index in [1.165, 1.54) is 21.6 Å². The summed E-state index contributed by atoms with van der Waals surface area (Å²) in [6.45, 7) is 4.04. The van der Waals surface area contributed by atoms with Gasteiger partial charge in [-0.05, 0) is 47.3 Å². The van der Waals surface area contributed by atoms with Crippen molar-refractivity contribution in [1.82, 2.24) is 19.9 Å². The van der Waals surface area contributed by atoms with Crippen LogP contribution in [0, 0.1) is 0 Å². The van der Waals surface area contributed by atoms with Crippen LogP contribution >= 0.6 is 11.3 Å². The van der Waals surface area contributed by atoms with Crippen LogP contribution < -0.4 is 5.43 Å². The Labute approximate surface area is 174 Å². The highest BCUT2D eigenvalue weighted by Gasteiger charge is 2.14. The zero-order valence-electron chi connectivity index (χ0n) is 16.4. The predicted molar refractivity (Wildman–Crippen MR) is 121 cm³/mol. The lowest BCUT2D eigenvalue weighted by Crippen LogP contribution is -2.47. The SMILES string of the molecule is CN1CCN(Nc2ncc3cc(-c4ccc(-c5cccs5)cc4)ccc3n2)CC1. The van der Waals surface area contributed by atoms with Crippen LogP contribution in [0.5, 0.6) is 0 Å². The molecule has 5 rings (SSSR count). The summed E-state index contributed by atoms with van der Waals surface area (Å²) >= 11 is 1.77. The number of thiophene rings is 1. The number of nitrogens with zero attached hydrogens (tertiary/aromatic N) is 4. The Kier molecular flexibility index (Phi) is 4.97. The summed E-state index contributed by atoms with van der Waals surface area (Å²) in [6, 6.07) is 19.3. The zero-order valence-corrected chi connectivity index (χ0v) is 17.2. The molecule has 2 aromatic heterocycles. The third kappa shape index (κ3) is 4.00. The maximum absolute atomic E-state index is 4.69. The second-order valence-electron chi connectivity index (χ2n) is 7.42. The quantitative estimate of drug-likeness (QED) is 0.541. The van der Waals surface area contributed by atoms with Gasteiger partial charge in [-0.25, -0.2) is 15.0 Å². The van der Waals surface area contributed by atoms with Crippen molar-refractivity contribution in [1.29, 1.82) is 0 Å². The van der Waals surface area contributed by atoms with Crippen molar-refractivity contribution in [3.8, 4) is 21.6 Å². The van der Waals surface area contributed by atoms with E-state index in [9.17, 15) is 0 Å². The third-order valence-electron chi connectivity index (χ3n) is 5.37. The number of benzene rings is 2. The fraction of sp³-hybridized carbons (Fsp3) is 0.217. The van der Waals surface area contributed by atoms with E-state index in [1.54, 1.807) is 11.3 Å². The fourth-order valence-corrected chi connectivity index (χ4v) is 4.33. The molecule has 1 fully saturated rings. The minimum absolute atomic E-state index is 0.662. The number of rotatable bonds is 4. The van der Waals surface area contributed by atoms with Gasteiger partial charge in [-0.3, -0.25) is 5.43 Å². The largest absolute Gasteiger partial charge is 0.304 e. The summed E-state index contributed by atoms with van der Waals surface area (Å²) in [6.07, 6.45) is 1.91. The van der Waals surface area contributed by atoms with Crippen molar-refractivity contribution >= 4 is 28.2 Å². The van der Waals surface area contributed by atoms with E-state index >= 15 is 0 Å². The van der Waals surface area contributed by atoms with E-state index in [0.717, 1.165) is 37.1 Å². The number of likely N-dealkylation sites (N-methyl/N-ethyl adjacent to an activating group) is 1. The number of hydrogen-bond acceptors (Lipinski definition) is 6. The normalized spacial score (nSPS) is 15.6. The highest BCUT2D eigenvalue weighted by molar-refractivity contribution is 7.13. The number of hydrazine groups is 1. The van der Waals surface area contributed by atoms with Gasteiger partial charge in [0.25, 0.3) is 0 Å². The lowest BCUT2D eigenvalue weighted by atomic mass is 10.0. The molecule has 0 atom stereocenters. The molecule has 0 saturated carbocycles. The minimum Gasteiger partial charge on any atom is -0.304 e. The van der Waals surface area contributed by atoms with Gasteiger partial charge in [-0.2, -0.15) is 0 Å². The Morgan fingerprint density at radius 2 is 1.66 bits per heavy atom. The maximum Gasteiger partial charge on any atom is 0.238 e. The Bertz CT molecular complexity index is 1100. The summed E-state index contributed by atoms with van der Waals surface area (Å²) < 4.78 is 0. The third-order valence-corrected chi connectivity index (χ3v) is 6.28. The maximum atomic E-state index is 4.69. The van der Waals surface area contributed by atoms with Crippen LogP contribution in [0.4, 0.5) is 5.95 Å². The number of fused-ring (bicyclic) bond motifs is 1. The van der Waals surface area contributed by atoms with Crippen molar-refractivity contribution < 1.29 is 0 Å². The molecule has 4 aromatic rings. The molecule has 3 heterocycles. The zero-order chi connectivity index (χ0) is 19.6. The molecule has 0 radical (unpaired) electrons. The molecule has 0 bridgehead atoms. The molecule has 29 heavy (non-hydrogen) atoms. The average Bonchev–Trinajstić information content (AvgIpc) is 3.30. The number of anilines is 1. The van der Waals surface area contributed by atoms with Crippen LogP contribution in [0.2, 0.25) is 0 Å². The molecule has 0 spiro atoms. The Balaban J connectivity index is 1.35. The van der Waals surface area contributed by atoms with Crippen LogP contribution in [0.25, 0.3) is 32.5 Å². The Morgan fingerprint density at radius 3 is 2.41 bits per heavy atom. The van der Waals surface area contributed by atoms with E-state index in [1.807, 2.05) is 6.20 Å². The first kappa shape index (κ1) is 18.2. The number of piperazine rings is 1. The molecule has 1 N–H and O–H groups in total. The minimum atomic E-state index is 0.662. The van der Waals surface area contributed by atoms with Gasteiger partial charge in [0.2, 0.25) is 5.95 Å². The van der Waals surface area contributed by atoms with E-state index in [4.69, 9.17) is 4.98 Å². The molecular formula is C23H23N5S. The highest BCUT2D eigenvalue weighted by atomic mass is 32.1. The summed E-state index contributed by atoms with van der Waals surface area (Å²) in [5.41, 5.74) is 7.94. The Hall–Kier alpha value is -2.80. The number of aromatic nitrogens is 2. The number of hydrogen-bond donors (Lipinski definition) is 1. The molecule has 5 nitrogen and oxygen atoms in total. The van der Waals surface area contributed by atoms with Crippen LogP contribution in [0.15, 0.2) is 66.2 Å². The first-order valence-corrected chi connectivity index (χ1v) is 10.7. The number of nitrogens with one attached hydrogen (secondary N) is 1. The summed E-state index contributed by atoms with van der Waals surface area (Å²) in [5, 5.41) is 5.35. The second-order valence-corrected chi connectivity index (χ2v) is 8.37. The molecule has 0 amide bonds. The highest BCUT2D eigenvalue weighted by Crippen LogP contribution is 2.29. The van der Waals surface area contributed by atoms with Gasteiger partial charge in [-0.15, -0.1) is 11.3 Å². The van der Waals surface area contributed by atoms with Gasteiger partial charge >= 0.3 is 0 Å². The van der Waals surface area contributed by atoms with Crippen LogP contribution in [-0.2, 0) is 0 Å². The molecule has 6 heteroatoms. The molecule has 0 unspecified atom stereocenters. The van der Waals surface area contributed by atoms with E-state index in [0.29, 0.717) is 5.95 Å². The van der Waals surface area contributed by atoms with Crippen molar-refractivity contribution in [2.45, 2.75) is 0 Å². The topological polar surface area (TPSA) is 44.3 Å². The van der Waals surface area contributed by atoms with Gasteiger partial charge in [0.1, 0.15) is 0 Å². The lowest BCUT2D eigenvalue weighted by molar-refractivity contribution is 0.178. The summed E-state index contributed by atoms with van der Waals surface area (Å²) in [4.78, 5) is 12.8. The monoisotopic (exact) mass is 401 g/mol. The Morgan fingerprint density at radius 1 is 0.897 bits per heavy atom. The van der Waals surface area contributed by atoms with Gasteiger partial charge < -0.3 is 4.90 Å². The molecule has 146 valence electrons. The molecule has 2 aromatic carbocycles. The van der Waals surface area contributed by atoms with Crippen molar-refractivity contribution in [2.75, 3.05) is 38.7 Å². The molecule has 1 aliphatic rings. The van der Waals surface area contributed by atoms with Crippen molar-refractivity contribution in [3.63, 3.8) is 0 Å². The summed E-state index contributed by atoms with van der Waals surface area (Å²) in [7, 11) is 2.15. The van der Waals surface area contributed by atoms with Crippen molar-refractivity contribution in [2.24, 2.45) is 0 Å². The van der Waals surface area contributed by atoms with E-state index in [2.05, 4.69) is 87.3 Å². The average molecular weight is 402 g/mol. The van der Waals surface area contributed by atoms with Crippen LogP contribution in [-0.4, -0.2) is 53.1 Å². The first-order chi connectivity index (χ1) is 14.2. The smallest absolute Gasteiger partial charge is 0.238 e. The van der Waals surface area contributed by atoms with Crippen LogP contribution in [0.1, 0.15) is 0 Å². The van der Waals surface area contributed by atoms with Gasteiger partial charge in [0.15, 0.2) is 0 Å². The fourth-order valence-electron chi connectivity index (χ4n) is 3.60. The molecule has 0 aliphatic carbocycles. The predicted octanol–water partition coefficient (Wildman–Crippen LogP) is 4.60. The molecule has 1 aliphatic heterocycles.